The van der Waals surface area contributed by atoms with Crippen LogP contribution < -0.4 is 21.3 Å². The van der Waals surface area contributed by atoms with Gasteiger partial charge in [0.05, 0.1) is 12.6 Å². The second-order valence-corrected chi connectivity index (χ2v) is 18.2. The van der Waals surface area contributed by atoms with E-state index in [0.29, 0.717) is 18.4 Å². The van der Waals surface area contributed by atoms with E-state index < -0.39 is 88.0 Å². The number of nitrogens with one attached hydrogen (secondary N) is 4. The summed E-state index contributed by atoms with van der Waals surface area (Å²) in [7, 11) is 3.11. The van der Waals surface area contributed by atoms with Gasteiger partial charge in [-0.05, 0) is 68.6 Å². The zero-order valence-electron chi connectivity index (χ0n) is 32.7. The number of likely N-dealkylation sites (N-methyl/N-ethyl adjacent to an activating group) is 1. The fourth-order valence-electron chi connectivity index (χ4n) is 7.94. The fraction of sp³-hybridized carbons (Fsp3) is 0.537. The quantitative estimate of drug-likeness (QED) is 0.166. The van der Waals surface area contributed by atoms with E-state index in [9.17, 15) is 33.6 Å². The summed E-state index contributed by atoms with van der Waals surface area (Å²) in [5.41, 5.74) is 1.82. The maximum Gasteiger partial charge on any atom is 0.408 e. The highest BCUT2D eigenvalue weighted by molar-refractivity contribution is 6.51. The first-order valence-corrected chi connectivity index (χ1v) is 20.0. The van der Waals surface area contributed by atoms with Crippen LogP contribution in [0.3, 0.4) is 0 Å². The van der Waals surface area contributed by atoms with Crippen molar-refractivity contribution in [2.24, 2.45) is 23.7 Å². The normalized spacial score (nSPS) is 22.2. The van der Waals surface area contributed by atoms with Gasteiger partial charge in [-0.3, -0.25) is 28.8 Å². The molecule has 2 aromatic rings. The van der Waals surface area contributed by atoms with E-state index in [-0.39, 0.29) is 30.7 Å². The lowest BCUT2D eigenvalue weighted by Gasteiger charge is -2.35. The summed E-state index contributed by atoms with van der Waals surface area (Å²) in [6, 6.07) is 11.8. The Morgan fingerprint density at radius 1 is 0.895 bits per heavy atom. The second-order valence-electron chi connectivity index (χ2n) is 16.7. The van der Waals surface area contributed by atoms with Gasteiger partial charge >= 0.3 is 6.09 Å². The van der Waals surface area contributed by atoms with E-state index in [1.165, 1.54) is 9.80 Å². The van der Waals surface area contributed by atoms with Gasteiger partial charge in [0.1, 0.15) is 28.1 Å². The monoisotopic (exact) mass is 824 g/mol. The molecule has 1 aliphatic heterocycles. The molecule has 0 radical (unpaired) electrons. The Morgan fingerprint density at radius 2 is 1.51 bits per heavy atom. The first-order valence-electron chi connectivity index (χ1n) is 19.3. The minimum atomic E-state index is -1.30. The van der Waals surface area contributed by atoms with Crippen molar-refractivity contribution in [2.75, 3.05) is 27.2 Å². The van der Waals surface area contributed by atoms with Crippen molar-refractivity contribution < 1.29 is 38.3 Å². The number of hydrogen-bond donors (Lipinski definition) is 4. The molecule has 57 heavy (non-hydrogen) atoms. The average molecular weight is 826 g/mol. The van der Waals surface area contributed by atoms with Crippen LogP contribution in [0.25, 0.3) is 0 Å². The Hall–Kier alpha value is -4.69. The largest absolute Gasteiger partial charge is 0.444 e. The molecule has 6 atom stereocenters. The van der Waals surface area contributed by atoms with Crippen molar-refractivity contribution in [3.05, 3.63) is 71.3 Å². The second kappa shape index (κ2) is 16.7. The van der Waals surface area contributed by atoms with Crippen LogP contribution in [0.2, 0.25) is 0 Å². The van der Waals surface area contributed by atoms with Crippen molar-refractivity contribution in [3.8, 4) is 0 Å². The van der Waals surface area contributed by atoms with Crippen LogP contribution in [0.5, 0.6) is 0 Å². The molecule has 3 aliphatic carbocycles. The Labute approximate surface area is 342 Å². The number of nitrogens with zero attached hydrogens (tertiary/aromatic N) is 2. The summed E-state index contributed by atoms with van der Waals surface area (Å²) in [6.07, 6.45) is 2.02. The third-order valence-electron chi connectivity index (χ3n) is 11.0. The Balaban J connectivity index is 1.15. The number of carbonyl (C=O) groups excluding carboxylic acids is 7. The molecule has 14 nitrogen and oxygen atoms in total. The molecular weight excluding hydrogens is 775 g/mol. The molecule has 4 N–H and O–H groups in total. The molecule has 16 heteroatoms. The van der Waals surface area contributed by atoms with Gasteiger partial charge in [0.2, 0.25) is 29.4 Å². The van der Waals surface area contributed by atoms with Crippen LogP contribution in [0.15, 0.2) is 54.6 Å². The van der Waals surface area contributed by atoms with Crippen LogP contribution in [0.1, 0.15) is 62.8 Å². The van der Waals surface area contributed by atoms with E-state index >= 15 is 0 Å². The van der Waals surface area contributed by atoms with Gasteiger partial charge in [-0.15, -0.1) is 23.2 Å². The van der Waals surface area contributed by atoms with E-state index in [1.807, 2.05) is 24.3 Å². The van der Waals surface area contributed by atoms with Gasteiger partial charge in [0.25, 0.3) is 5.91 Å². The summed E-state index contributed by atoms with van der Waals surface area (Å²) in [4.78, 5) is 97.4. The molecular formula is C41H50Cl2N6O8. The number of carbonyl (C=O) groups is 7. The first-order chi connectivity index (χ1) is 26.9. The number of piperidine rings is 1. The summed E-state index contributed by atoms with van der Waals surface area (Å²) in [5.74, 6) is -5.73. The summed E-state index contributed by atoms with van der Waals surface area (Å²) >= 11 is 13.3. The molecule has 2 aromatic carbocycles. The SMILES string of the molecule is CN(C)C(=O)C(NC(=O)CNC(=O)C(=O)C(CC1CC1)NC(=O)[C@@H]1C2C(CN1C(=O)[C@@H](NC(=O)OC(C)(C)C)C1Cc3ccccc3C1)C2(Cl)Cl)c1ccccc1. The van der Waals surface area contributed by atoms with Gasteiger partial charge in [-0.2, -0.15) is 0 Å². The number of alkyl carbamates (subject to hydrolysis) is 1. The van der Waals surface area contributed by atoms with Crippen LogP contribution in [-0.2, 0) is 46.3 Å². The number of rotatable bonds is 14. The highest BCUT2D eigenvalue weighted by atomic mass is 35.5. The number of ketones is 1. The molecule has 1 saturated heterocycles. The lowest BCUT2D eigenvalue weighted by Crippen LogP contribution is -2.60. The van der Waals surface area contributed by atoms with Gasteiger partial charge < -0.3 is 35.8 Å². The predicted octanol–water partition coefficient (Wildman–Crippen LogP) is 2.84. The maximum atomic E-state index is 14.6. The number of alkyl halides is 2. The minimum absolute atomic E-state index is 0.0396. The number of Topliss-reactive ketones (excluding diaryl/α,β-unsaturated/α-hetero) is 1. The molecule has 4 aliphatic rings. The third-order valence-corrected chi connectivity index (χ3v) is 12.1. The van der Waals surface area contributed by atoms with E-state index in [2.05, 4.69) is 21.3 Å². The smallest absolute Gasteiger partial charge is 0.408 e. The average Bonchev–Trinajstić information content (AvgIpc) is 3.91. The van der Waals surface area contributed by atoms with E-state index in [1.54, 1.807) is 65.2 Å². The van der Waals surface area contributed by atoms with Crippen molar-refractivity contribution >= 4 is 64.6 Å². The van der Waals surface area contributed by atoms with Crippen molar-refractivity contribution in [1.82, 2.24) is 31.1 Å². The molecule has 0 spiro atoms. The molecule has 3 fully saturated rings. The fourth-order valence-corrected chi connectivity index (χ4v) is 8.77. The number of amides is 6. The lowest BCUT2D eigenvalue weighted by atomic mass is 9.94. The molecule has 0 bridgehead atoms. The Morgan fingerprint density at radius 3 is 2.09 bits per heavy atom. The molecule has 6 rings (SSSR count). The first kappa shape index (κ1) is 41.9. The van der Waals surface area contributed by atoms with Crippen molar-refractivity contribution in [2.45, 2.75) is 87.0 Å². The van der Waals surface area contributed by atoms with Gasteiger partial charge in [-0.1, -0.05) is 67.4 Å². The molecule has 1 heterocycles. The van der Waals surface area contributed by atoms with E-state index in [4.69, 9.17) is 27.9 Å². The highest BCUT2D eigenvalue weighted by Crippen LogP contribution is 2.65. The molecule has 0 aromatic heterocycles. The summed E-state index contributed by atoms with van der Waals surface area (Å²) in [6.45, 7) is 4.58. The van der Waals surface area contributed by atoms with Gasteiger partial charge in [-0.25, -0.2) is 4.79 Å². The maximum absolute atomic E-state index is 14.6. The number of ether oxygens (including phenoxy) is 1. The zero-order chi connectivity index (χ0) is 41.4. The van der Waals surface area contributed by atoms with Crippen molar-refractivity contribution in [1.29, 1.82) is 0 Å². The third kappa shape index (κ3) is 9.72. The molecule has 4 unspecified atom stereocenters. The van der Waals surface area contributed by atoms with E-state index in [0.717, 1.165) is 24.0 Å². The predicted molar refractivity (Wildman–Crippen MR) is 211 cm³/mol. The number of fused-ring (bicyclic) bond motifs is 2. The van der Waals surface area contributed by atoms with Crippen LogP contribution in [0, 0.1) is 23.7 Å². The topological polar surface area (TPSA) is 183 Å². The van der Waals surface area contributed by atoms with Crippen LogP contribution in [-0.4, -0.2) is 106 Å². The standard InChI is InChI=1S/C41H50Cl2N6O8/c1-40(2,3)57-39(56)47-32(26-18-24-13-9-10-14-25(24)19-26)38(55)49-21-27-30(41(27,42)43)33(49)35(52)45-28(17-22-15-16-22)34(51)36(53)44-20-29(50)46-31(37(54)48(4)5)23-11-7-6-8-12-23/h6-14,22,26-28,30-33H,15-21H2,1-5H3,(H,44,53)(H,45,52)(H,46,50)(H,47,56)/t27?,28?,30?,31?,32-,33-/m0/s1. The lowest BCUT2D eigenvalue weighted by molar-refractivity contribution is -0.144. The van der Waals surface area contributed by atoms with Crippen LogP contribution >= 0.6 is 23.2 Å². The van der Waals surface area contributed by atoms with Gasteiger partial charge in [0, 0.05) is 32.5 Å². The highest BCUT2D eigenvalue weighted by Gasteiger charge is 2.74. The molecule has 6 amide bonds. The molecule has 2 saturated carbocycles. The van der Waals surface area contributed by atoms with Gasteiger partial charge in [0.15, 0.2) is 0 Å². The zero-order valence-corrected chi connectivity index (χ0v) is 34.2. The summed E-state index contributed by atoms with van der Waals surface area (Å²) in [5, 5.41) is 10.5. The number of halogens is 2. The number of benzene rings is 2. The molecule has 306 valence electrons. The Kier molecular flexibility index (Phi) is 12.3. The van der Waals surface area contributed by atoms with Crippen molar-refractivity contribution in [3.63, 3.8) is 0 Å². The number of hydrogen-bond acceptors (Lipinski definition) is 8. The number of likely N-dealkylation sites (tertiary alicyclic amines) is 1. The summed E-state index contributed by atoms with van der Waals surface area (Å²) < 4.78 is 4.23. The van der Waals surface area contributed by atoms with Crippen LogP contribution in [0.4, 0.5) is 4.79 Å². The minimum Gasteiger partial charge on any atom is -0.444 e. The Bertz CT molecular complexity index is 1890.